The Balaban J connectivity index is 2.77. The first-order valence-electron chi connectivity index (χ1n) is 4.54. The lowest BCUT2D eigenvalue weighted by atomic mass is 10.1. The van der Waals surface area contributed by atoms with Crippen LogP contribution in [0.1, 0.15) is 16.7 Å². The van der Waals surface area contributed by atoms with Crippen molar-refractivity contribution in [2.24, 2.45) is 0 Å². The van der Waals surface area contributed by atoms with Gasteiger partial charge in [-0.25, -0.2) is 0 Å². The second kappa shape index (κ2) is 5.25. The molecule has 13 heavy (non-hydrogen) atoms. The minimum Gasteiger partial charge on any atom is -0.176 e. The topological polar surface area (TPSA) is 0 Å². The lowest BCUT2D eigenvalue weighted by molar-refractivity contribution is 1.37. The zero-order chi connectivity index (χ0) is 9.68. The summed E-state index contributed by atoms with van der Waals surface area (Å²) in [6.45, 7) is 4.26. The van der Waals surface area contributed by atoms with Gasteiger partial charge in [-0.3, -0.25) is 0 Å². The highest BCUT2D eigenvalue weighted by Crippen LogP contribution is 2.12. The molecule has 0 aliphatic carbocycles. The summed E-state index contributed by atoms with van der Waals surface area (Å²) in [5, 5.41) is 0. The first-order valence-corrected chi connectivity index (χ1v) is 7.67. The van der Waals surface area contributed by atoms with Crippen LogP contribution in [-0.4, -0.2) is 8.83 Å². The molecule has 0 atom stereocenters. The Kier molecular flexibility index (Phi) is 4.26. The fourth-order valence-corrected chi connectivity index (χ4v) is 1.96. The number of aryl methyl sites for hydroxylation is 2. The summed E-state index contributed by atoms with van der Waals surface area (Å²) in [4.78, 5) is 0. The monoisotopic (exact) mass is 210 g/mol. The van der Waals surface area contributed by atoms with Crippen molar-refractivity contribution < 1.29 is 0 Å². The molecule has 0 aliphatic rings. The van der Waals surface area contributed by atoms with E-state index in [2.05, 4.69) is 44.2 Å². The van der Waals surface area contributed by atoms with Gasteiger partial charge >= 0.3 is 0 Å². The largest absolute Gasteiger partial charge is 0.176 e. The third-order valence-corrected chi connectivity index (χ3v) is 3.20. The first-order chi connectivity index (χ1) is 6.24. The molecule has 1 aromatic rings. The third-order valence-electron chi connectivity index (χ3n) is 2.00. The first kappa shape index (κ1) is 10.5. The standard InChI is InChI=1S/C11H15ClSi/c1-9-5-6-11(10(2)8-9)4-3-7-13-12/h3-6,8H,7,13H2,1-2H3. The SMILES string of the molecule is Cc1ccc(C=CC[SiH2]Cl)c(C)c1. The summed E-state index contributed by atoms with van der Waals surface area (Å²) in [6.07, 6.45) is 4.35. The molecule has 0 N–H and O–H groups in total. The molecule has 0 fully saturated rings. The van der Waals surface area contributed by atoms with Crippen LogP contribution in [0.5, 0.6) is 0 Å². The zero-order valence-corrected chi connectivity index (χ0v) is 10.3. The third kappa shape index (κ3) is 3.37. The van der Waals surface area contributed by atoms with Gasteiger partial charge in [0.15, 0.2) is 0 Å². The Morgan fingerprint density at radius 3 is 2.77 bits per heavy atom. The number of halogens is 1. The minimum atomic E-state index is -0.337. The van der Waals surface area contributed by atoms with Gasteiger partial charge in [-0.2, -0.15) is 11.1 Å². The molecular weight excluding hydrogens is 196 g/mol. The van der Waals surface area contributed by atoms with Crippen molar-refractivity contribution in [2.45, 2.75) is 19.9 Å². The van der Waals surface area contributed by atoms with Gasteiger partial charge in [0.25, 0.3) is 0 Å². The van der Waals surface area contributed by atoms with Gasteiger partial charge in [0.1, 0.15) is 8.83 Å². The molecule has 0 radical (unpaired) electrons. The molecule has 0 nitrogen and oxygen atoms in total. The van der Waals surface area contributed by atoms with Gasteiger partial charge in [-0.1, -0.05) is 35.9 Å². The van der Waals surface area contributed by atoms with Gasteiger partial charge in [-0.05, 0) is 31.0 Å². The molecular formula is C11H15ClSi. The molecule has 0 aliphatic heterocycles. The van der Waals surface area contributed by atoms with Crippen molar-refractivity contribution in [1.29, 1.82) is 0 Å². The van der Waals surface area contributed by atoms with Crippen LogP contribution in [-0.2, 0) is 0 Å². The highest BCUT2D eigenvalue weighted by atomic mass is 35.6. The lowest BCUT2D eigenvalue weighted by Gasteiger charge is -2.00. The van der Waals surface area contributed by atoms with Gasteiger partial charge in [-0.15, -0.1) is 0 Å². The van der Waals surface area contributed by atoms with E-state index in [0.717, 1.165) is 6.04 Å². The lowest BCUT2D eigenvalue weighted by Crippen LogP contribution is -1.82. The summed E-state index contributed by atoms with van der Waals surface area (Å²) >= 11 is 5.72. The number of hydrogen-bond donors (Lipinski definition) is 0. The van der Waals surface area contributed by atoms with Crippen molar-refractivity contribution in [3.8, 4) is 0 Å². The molecule has 0 heterocycles. The average Bonchev–Trinajstić information content (AvgIpc) is 2.09. The predicted octanol–water partition coefficient (Wildman–Crippen LogP) is 3.06. The highest BCUT2D eigenvalue weighted by molar-refractivity contribution is 6.93. The Morgan fingerprint density at radius 2 is 2.15 bits per heavy atom. The highest BCUT2D eigenvalue weighted by Gasteiger charge is 1.92. The predicted molar refractivity (Wildman–Crippen MR) is 64.2 cm³/mol. The van der Waals surface area contributed by atoms with E-state index >= 15 is 0 Å². The van der Waals surface area contributed by atoms with Crippen LogP contribution in [0.15, 0.2) is 24.3 Å². The molecule has 1 aromatic carbocycles. The Morgan fingerprint density at radius 1 is 1.38 bits per heavy atom. The molecule has 0 saturated heterocycles. The molecule has 70 valence electrons. The van der Waals surface area contributed by atoms with Crippen LogP contribution in [0.3, 0.4) is 0 Å². The van der Waals surface area contributed by atoms with Crippen LogP contribution in [0.25, 0.3) is 6.08 Å². The van der Waals surface area contributed by atoms with E-state index in [1.165, 1.54) is 16.7 Å². The second-order valence-electron chi connectivity index (χ2n) is 3.24. The minimum absolute atomic E-state index is 0.337. The maximum atomic E-state index is 5.72. The van der Waals surface area contributed by atoms with E-state index in [1.54, 1.807) is 0 Å². The fraction of sp³-hybridized carbons (Fsp3) is 0.273. The van der Waals surface area contributed by atoms with Crippen molar-refractivity contribution in [3.05, 3.63) is 41.0 Å². The number of allylic oxidation sites excluding steroid dienone is 1. The maximum Gasteiger partial charge on any atom is 0.129 e. The van der Waals surface area contributed by atoms with Gasteiger partial charge in [0.2, 0.25) is 0 Å². The molecule has 0 bridgehead atoms. The van der Waals surface area contributed by atoms with Crippen LogP contribution in [0.2, 0.25) is 6.04 Å². The molecule has 0 unspecified atom stereocenters. The molecule has 2 heteroatoms. The Hall–Kier alpha value is -0.533. The van der Waals surface area contributed by atoms with Gasteiger partial charge < -0.3 is 0 Å². The second-order valence-corrected chi connectivity index (χ2v) is 5.33. The number of benzene rings is 1. The van der Waals surface area contributed by atoms with E-state index < -0.39 is 0 Å². The smallest absolute Gasteiger partial charge is 0.129 e. The summed E-state index contributed by atoms with van der Waals surface area (Å²) in [7, 11) is -0.337. The number of hydrogen-bond acceptors (Lipinski definition) is 0. The maximum absolute atomic E-state index is 5.72. The van der Waals surface area contributed by atoms with Crippen LogP contribution < -0.4 is 0 Å². The Labute approximate surface area is 87.1 Å². The van der Waals surface area contributed by atoms with Crippen molar-refractivity contribution >= 4 is 26.0 Å². The molecule has 0 aromatic heterocycles. The van der Waals surface area contributed by atoms with Gasteiger partial charge in [0.05, 0.1) is 0 Å². The van der Waals surface area contributed by atoms with Crippen molar-refractivity contribution in [3.63, 3.8) is 0 Å². The van der Waals surface area contributed by atoms with Gasteiger partial charge in [0, 0.05) is 0 Å². The van der Waals surface area contributed by atoms with Crippen molar-refractivity contribution in [2.75, 3.05) is 0 Å². The van der Waals surface area contributed by atoms with Crippen LogP contribution in [0.4, 0.5) is 0 Å². The molecule has 0 amide bonds. The quantitative estimate of drug-likeness (QED) is 0.532. The zero-order valence-electron chi connectivity index (χ0n) is 8.18. The van der Waals surface area contributed by atoms with E-state index in [4.69, 9.17) is 11.1 Å². The van der Waals surface area contributed by atoms with E-state index in [1.807, 2.05) is 0 Å². The number of rotatable bonds is 3. The van der Waals surface area contributed by atoms with Crippen molar-refractivity contribution in [1.82, 2.24) is 0 Å². The molecule has 0 saturated carbocycles. The molecule has 0 spiro atoms. The summed E-state index contributed by atoms with van der Waals surface area (Å²) < 4.78 is 0. The normalized spacial score (nSPS) is 11.9. The fourth-order valence-electron chi connectivity index (χ4n) is 1.29. The van der Waals surface area contributed by atoms with Crippen LogP contribution >= 0.6 is 11.1 Å². The van der Waals surface area contributed by atoms with Crippen LogP contribution in [0, 0.1) is 13.8 Å². The Bertz CT molecular complexity index is 305. The average molecular weight is 211 g/mol. The summed E-state index contributed by atoms with van der Waals surface area (Å²) in [6, 6.07) is 7.59. The van der Waals surface area contributed by atoms with E-state index in [9.17, 15) is 0 Å². The molecule has 1 rings (SSSR count). The summed E-state index contributed by atoms with van der Waals surface area (Å²) in [5.74, 6) is 0. The summed E-state index contributed by atoms with van der Waals surface area (Å²) in [5.41, 5.74) is 3.97. The van der Waals surface area contributed by atoms with E-state index in [0.29, 0.717) is 0 Å². The van der Waals surface area contributed by atoms with E-state index in [-0.39, 0.29) is 8.83 Å².